The third-order valence-electron chi connectivity index (χ3n) is 4.01. The fraction of sp³-hybridized carbons (Fsp3) is 0.438. The smallest absolute Gasteiger partial charge is 0.307 e. The van der Waals surface area contributed by atoms with Crippen molar-refractivity contribution in [1.82, 2.24) is 4.90 Å². The van der Waals surface area contributed by atoms with E-state index in [2.05, 4.69) is 11.0 Å². The largest absolute Gasteiger partial charge is 0.481 e. The van der Waals surface area contributed by atoms with Gasteiger partial charge in [-0.2, -0.15) is 0 Å². The molecule has 0 amide bonds. The molecular weight excluding hydrogens is 254 g/mol. The lowest BCUT2D eigenvalue weighted by Crippen LogP contribution is -2.39. The van der Waals surface area contributed by atoms with Crippen molar-refractivity contribution in [3.05, 3.63) is 36.1 Å². The molecule has 1 N–H and O–H groups in total. The van der Waals surface area contributed by atoms with Crippen molar-refractivity contribution in [3.63, 3.8) is 0 Å². The first-order valence-corrected chi connectivity index (χ1v) is 7.15. The van der Waals surface area contributed by atoms with E-state index in [0.717, 1.165) is 49.1 Å². The molecular formula is C16H19NO3. The highest BCUT2D eigenvalue weighted by Crippen LogP contribution is 2.21. The molecule has 1 saturated heterocycles. The number of carboxylic acids is 1. The number of hydrogen-bond donors (Lipinski definition) is 1. The van der Waals surface area contributed by atoms with Gasteiger partial charge in [0.2, 0.25) is 0 Å². The fourth-order valence-electron chi connectivity index (χ4n) is 2.89. The van der Waals surface area contributed by atoms with Crippen molar-refractivity contribution >= 4 is 16.9 Å². The van der Waals surface area contributed by atoms with Gasteiger partial charge in [0.1, 0.15) is 11.3 Å². The third kappa shape index (κ3) is 2.85. The Morgan fingerprint density at radius 2 is 2.25 bits per heavy atom. The number of aliphatic carboxylic acids is 1. The average molecular weight is 273 g/mol. The van der Waals surface area contributed by atoms with Crippen LogP contribution in [0.4, 0.5) is 0 Å². The molecule has 0 radical (unpaired) electrons. The lowest BCUT2D eigenvalue weighted by Gasteiger charge is -2.30. The first-order valence-electron chi connectivity index (χ1n) is 7.15. The Kier molecular flexibility index (Phi) is 3.74. The molecule has 20 heavy (non-hydrogen) atoms. The molecule has 3 rings (SSSR count). The number of nitrogens with zero attached hydrogens (tertiary/aromatic N) is 1. The first kappa shape index (κ1) is 13.2. The summed E-state index contributed by atoms with van der Waals surface area (Å²) in [5.41, 5.74) is 0.921. The molecule has 0 saturated carbocycles. The summed E-state index contributed by atoms with van der Waals surface area (Å²) in [5, 5.41) is 10.2. The van der Waals surface area contributed by atoms with Gasteiger partial charge in [-0.3, -0.25) is 4.79 Å². The number of rotatable bonds is 4. The van der Waals surface area contributed by atoms with Gasteiger partial charge in [0.15, 0.2) is 0 Å². The highest BCUT2D eigenvalue weighted by atomic mass is 16.4. The Bertz CT molecular complexity index is 572. The molecule has 1 aromatic heterocycles. The Labute approximate surface area is 118 Å². The second kappa shape index (κ2) is 5.67. The Morgan fingerprint density at radius 3 is 3.05 bits per heavy atom. The number of likely N-dealkylation sites (tertiary alicyclic amines) is 1. The lowest BCUT2D eigenvalue weighted by atomic mass is 9.98. The summed E-state index contributed by atoms with van der Waals surface area (Å²) in [7, 11) is 0. The highest BCUT2D eigenvalue weighted by Gasteiger charge is 2.25. The topological polar surface area (TPSA) is 53.7 Å². The molecule has 2 aromatic rings. The first-order chi connectivity index (χ1) is 9.72. The van der Waals surface area contributed by atoms with Crippen molar-refractivity contribution in [2.75, 3.05) is 19.6 Å². The van der Waals surface area contributed by atoms with E-state index >= 15 is 0 Å². The van der Waals surface area contributed by atoms with Gasteiger partial charge in [-0.1, -0.05) is 18.2 Å². The van der Waals surface area contributed by atoms with E-state index in [-0.39, 0.29) is 5.92 Å². The predicted octanol–water partition coefficient (Wildman–Crippen LogP) is 2.77. The van der Waals surface area contributed by atoms with Crippen molar-refractivity contribution in [3.8, 4) is 0 Å². The van der Waals surface area contributed by atoms with Gasteiger partial charge in [0, 0.05) is 24.9 Å². The number of fused-ring (bicyclic) bond motifs is 1. The van der Waals surface area contributed by atoms with Gasteiger partial charge < -0.3 is 14.4 Å². The Morgan fingerprint density at radius 1 is 1.40 bits per heavy atom. The highest BCUT2D eigenvalue weighted by molar-refractivity contribution is 5.77. The van der Waals surface area contributed by atoms with Crippen LogP contribution >= 0.6 is 0 Å². The molecule has 0 spiro atoms. The van der Waals surface area contributed by atoms with Crippen molar-refractivity contribution in [2.24, 2.45) is 5.92 Å². The summed E-state index contributed by atoms with van der Waals surface area (Å²) in [6.45, 7) is 2.52. The Hall–Kier alpha value is -1.81. The summed E-state index contributed by atoms with van der Waals surface area (Å²) in [6, 6.07) is 10.1. The van der Waals surface area contributed by atoms with Crippen LogP contribution in [0.3, 0.4) is 0 Å². The van der Waals surface area contributed by atoms with Crippen LogP contribution in [-0.2, 0) is 11.2 Å². The molecule has 1 aliphatic heterocycles. The summed E-state index contributed by atoms with van der Waals surface area (Å²) in [5.74, 6) is 0.0986. The molecule has 106 valence electrons. The molecule has 1 atom stereocenters. The fourth-order valence-corrected chi connectivity index (χ4v) is 2.89. The molecule has 1 fully saturated rings. The molecule has 1 aliphatic rings. The molecule has 4 heteroatoms. The van der Waals surface area contributed by atoms with Crippen LogP contribution in [0, 0.1) is 5.92 Å². The van der Waals surface area contributed by atoms with E-state index < -0.39 is 5.97 Å². The minimum absolute atomic E-state index is 0.209. The third-order valence-corrected chi connectivity index (χ3v) is 4.01. The van der Waals surface area contributed by atoms with Crippen molar-refractivity contribution < 1.29 is 14.3 Å². The predicted molar refractivity (Wildman–Crippen MR) is 76.7 cm³/mol. The van der Waals surface area contributed by atoms with Gasteiger partial charge in [0.25, 0.3) is 0 Å². The van der Waals surface area contributed by atoms with E-state index in [0.29, 0.717) is 6.54 Å². The van der Waals surface area contributed by atoms with Gasteiger partial charge >= 0.3 is 5.97 Å². The van der Waals surface area contributed by atoms with Crippen LogP contribution in [0.2, 0.25) is 0 Å². The lowest BCUT2D eigenvalue weighted by molar-refractivity contribution is -0.143. The number of piperidine rings is 1. The van der Waals surface area contributed by atoms with Gasteiger partial charge in [-0.15, -0.1) is 0 Å². The molecule has 1 unspecified atom stereocenters. The van der Waals surface area contributed by atoms with Crippen LogP contribution in [0.5, 0.6) is 0 Å². The second-order valence-electron chi connectivity index (χ2n) is 5.48. The van der Waals surface area contributed by atoms with E-state index in [4.69, 9.17) is 9.52 Å². The van der Waals surface area contributed by atoms with E-state index in [1.54, 1.807) is 0 Å². The number of benzene rings is 1. The van der Waals surface area contributed by atoms with Crippen molar-refractivity contribution in [2.45, 2.75) is 19.3 Å². The second-order valence-corrected chi connectivity index (χ2v) is 5.48. The van der Waals surface area contributed by atoms with Gasteiger partial charge in [0.05, 0.1) is 5.92 Å². The maximum Gasteiger partial charge on any atom is 0.307 e. The SMILES string of the molecule is O=C(O)C1CCCN(CCc2cc3ccccc3o2)C1. The van der Waals surface area contributed by atoms with E-state index in [9.17, 15) is 4.79 Å². The number of furan rings is 1. The van der Waals surface area contributed by atoms with Gasteiger partial charge in [-0.05, 0) is 31.5 Å². The zero-order chi connectivity index (χ0) is 13.9. The average Bonchev–Trinajstić information content (AvgIpc) is 2.88. The minimum atomic E-state index is -0.668. The molecule has 0 bridgehead atoms. The maximum absolute atomic E-state index is 11.0. The summed E-state index contributed by atoms with van der Waals surface area (Å²) >= 11 is 0. The zero-order valence-electron chi connectivity index (χ0n) is 11.4. The van der Waals surface area contributed by atoms with E-state index in [1.165, 1.54) is 0 Å². The normalized spacial score (nSPS) is 20.3. The molecule has 1 aromatic carbocycles. The Balaban J connectivity index is 1.60. The van der Waals surface area contributed by atoms with E-state index in [1.807, 2.05) is 24.3 Å². The number of carboxylic acid groups (broad SMARTS) is 1. The standard InChI is InChI=1S/C16H19NO3/c18-16(19)13-5-3-8-17(11-13)9-7-14-10-12-4-1-2-6-15(12)20-14/h1-2,4,6,10,13H,3,5,7-9,11H2,(H,18,19). The summed E-state index contributed by atoms with van der Waals surface area (Å²) in [6.07, 6.45) is 2.61. The zero-order valence-corrected chi connectivity index (χ0v) is 11.4. The maximum atomic E-state index is 11.0. The number of para-hydroxylation sites is 1. The van der Waals surface area contributed by atoms with Crippen LogP contribution in [0.1, 0.15) is 18.6 Å². The summed E-state index contributed by atoms with van der Waals surface area (Å²) in [4.78, 5) is 13.3. The van der Waals surface area contributed by atoms with Crippen molar-refractivity contribution in [1.29, 1.82) is 0 Å². The molecule has 2 heterocycles. The van der Waals surface area contributed by atoms with Gasteiger partial charge in [-0.25, -0.2) is 0 Å². The quantitative estimate of drug-likeness (QED) is 0.930. The number of carbonyl (C=O) groups is 1. The van der Waals surface area contributed by atoms with Crippen LogP contribution in [0.25, 0.3) is 11.0 Å². The molecule has 4 nitrogen and oxygen atoms in total. The van der Waals surface area contributed by atoms with Crippen LogP contribution in [0.15, 0.2) is 34.7 Å². The summed E-state index contributed by atoms with van der Waals surface area (Å²) < 4.78 is 5.79. The molecule has 0 aliphatic carbocycles. The number of hydrogen-bond acceptors (Lipinski definition) is 3. The van der Waals surface area contributed by atoms with Crippen LogP contribution in [-0.4, -0.2) is 35.6 Å². The minimum Gasteiger partial charge on any atom is -0.481 e. The monoisotopic (exact) mass is 273 g/mol. The van der Waals surface area contributed by atoms with Crippen LogP contribution < -0.4 is 0 Å².